The number of imidazole rings is 1. The molecule has 1 radical (unpaired) electrons. The van der Waals surface area contributed by atoms with Crippen molar-refractivity contribution in [2.75, 3.05) is 39.3 Å². The molecule has 197 valence electrons. The molecule has 8 heteroatoms. The second-order valence-electron chi connectivity index (χ2n) is 10.6. The third kappa shape index (κ3) is 5.06. The lowest BCUT2D eigenvalue weighted by Crippen LogP contribution is -2.39. The molecule has 0 bridgehead atoms. The number of likely N-dealkylation sites (tertiary alicyclic amines) is 2. The Hall–Kier alpha value is -2.91. The zero-order chi connectivity index (χ0) is 26.1. The standard InChI is InChI=1S/C30H33FN4O2S/c31-25-6-4-21(5-7-25)22-8-11-33(12-9-22)16-24-17-35(18-27(24)23-10-15-38-19-23)30(37)26-2-1-3-28-29(26)34(13-14-36)20-32-28/h1-7,10,15,19-20,22,24,27,36H,8-9,11-14,16-18H2/q+1/t24-,27+/m1/s1. The summed E-state index contributed by atoms with van der Waals surface area (Å²) < 4.78 is 15.2. The van der Waals surface area contributed by atoms with Crippen LogP contribution in [0.2, 0.25) is 0 Å². The minimum atomic E-state index is -0.180. The van der Waals surface area contributed by atoms with Gasteiger partial charge in [-0.3, -0.25) is 0 Å². The molecule has 6 rings (SSSR count). The molecule has 38 heavy (non-hydrogen) atoms. The molecule has 2 atom stereocenters. The van der Waals surface area contributed by atoms with Crippen LogP contribution in [0.3, 0.4) is 0 Å². The lowest BCUT2D eigenvalue weighted by Gasteiger charge is -2.34. The minimum absolute atomic E-state index is 0.00213. The van der Waals surface area contributed by atoms with E-state index in [4.69, 9.17) is 0 Å². The van der Waals surface area contributed by atoms with Gasteiger partial charge in [0.2, 0.25) is 0 Å². The Morgan fingerprint density at radius 3 is 2.63 bits per heavy atom. The molecule has 0 unspecified atom stereocenters. The van der Waals surface area contributed by atoms with E-state index < -0.39 is 0 Å². The number of fused-ring (bicyclic) bond motifs is 1. The van der Waals surface area contributed by atoms with Crippen LogP contribution < -0.4 is 4.90 Å². The number of piperidine rings is 1. The number of hydrogen-bond acceptors (Lipinski definition) is 5. The highest BCUT2D eigenvalue weighted by molar-refractivity contribution is 7.08. The summed E-state index contributed by atoms with van der Waals surface area (Å²) in [4.78, 5) is 22.9. The zero-order valence-corrected chi connectivity index (χ0v) is 22.2. The van der Waals surface area contributed by atoms with E-state index in [1.807, 2.05) is 39.8 Å². The first-order valence-electron chi connectivity index (χ1n) is 13.4. The number of carbonyl (C=O) groups excluding carboxylic acids is 1. The first-order valence-corrected chi connectivity index (χ1v) is 14.4. The number of aliphatic hydroxyl groups excluding tert-OH is 1. The van der Waals surface area contributed by atoms with E-state index in [9.17, 15) is 14.3 Å². The SMILES string of the molecule is O=C(c1cccc2ncn(CCO)c12)[N+]1C[C@@H](CN2CCC(c3ccc(F)cc3)CC2)[C@H](c2ccsc2)C1. The molecule has 1 N–H and O–H groups in total. The van der Waals surface area contributed by atoms with Crippen molar-refractivity contribution in [1.82, 2.24) is 19.4 Å². The summed E-state index contributed by atoms with van der Waals surface area (Å²) in [6.45, 7) is 4.84. The number of para-hydroxylation sites is 1. The third-order valence-corrected chi connectivity index (χ3v) is 9.03. The number of carbonyl (C=O) groups is 1. The Labute approximate surface area is 226 Å². The lowest BCUT2D eigenvalue weighted by atomic mass is 9.87. The quantitative estimate of drug-likeness (QED) is 0.347. The zero-order valence-electron chi connectivity index (χ0n) is 21.4. The van der Waals surface area contributed by atoms with Gasteiger partial charge in [-0.1, -0.05) is 23.1 Å². The molecule has 1 amide bonds. The van der Waals surface area contributed by atoms with E-state index in [1.54, 1.807) is 29.8 Å². The van der Waals surface area contributed by atoms with Crippen LogP contribution in [-0.2, 0) is 6.54 Å². The molecule has 2 aromatic carbocycles. The fraction of sp³-hybridized carbons (Fsp3) is 0.400. The van der Waals surface area contributed by atoms with Crippen molar-refractivity contribution in [3.63, 3.8) is 0 Å². The van der Waals surface area contributed by atoms with Gasteiger partial charge in [0.05, 0.1) is 24.0 Å². The second kappa shape index (κ2) is 11.1. The summed E-state index contributed by atoms with van der Waals surface area (Å²) in [6, 6.07) is 14.9. The summed E-state index contributed by atoms with van der Waals surface area (Å²) in [5, 5.41) is 13.8. The number of amides is 1. The molecule has 0 saturated carbocycles. The normalized spacial score (nSPS) is 21.4. The highest BCUT2D eigenvalue weighted by Crippen LogP contribution is 2.36. The van der Waals surface area contributed by atoms with Gasteiger partial charge in [-0.2, -0.15) is 11.3 Å². The van der Waals surface area contributed by atoms with Crippen molar-refractivity contribution in [2.24, 2.45) is 5.92 Å². The first-order chi connectivity index (χ1) is 18.6. The van der Waals surface area contributed by atoms with Gasteiger partial charge < -0.3 is 14.6 Å². The molecule has 6 nitrogen and oxygen atoms in total. The van der Waals surface area contributed by atoms with E-state index in [-0.39, 0.29) is 18.3 Å². The molecule has 2 aliphatic heterocycles. The molecular weight excluding hydrogens is 499 g/mol. The molecule has 4 aromatic rings. The number of nitrogens with zero attached hydrogens (tertiary/aromatic N) is 4. The van der Waals surface area contributed by atoms with E-state index in [0.29, 0.717) is 36.4 Å². The summed E-state index contributed by atoms with van der Waals surface area (Å²) >= 11 is 1.71. The highest BCUT2D eigenvalue weighted by atomic mass is 32.1. The van der Waals surface area contributed by atoms with Crippen molar-refractivity contribution in [3.8, 4) is 0 Å². The number of benzene rings is 2. The van der Waals surface area contributed by atoms with Gasteiger partial charge in [0.25, 0.3) is 0 Å². The van der Waals surface area contributed by atoms with Crippen LogP contribution in [-0.4, -0.2) is 64.8 Å². The Bertz CT molecular complexity index is 1380. The fourth-order valence-corrected chi connectivity index (χ4v) is 7.07. The van der Waals surface area contributed by atoms with Crippen molar-refractivity contribution >= 4 is 28.3 Å². The van der Waals surface area contributed by atoms with E-state index in [2.05, 4.69) is 26.7 Å². The van der Waals surface area contributed by atoms with Crippen LogP contribution in [0.15, 0.2) is 65.6 Å². The van der Waals surface area contributed by atoms with E-state index in [1.165, 1.54) is 11.1 Å². The summed E-state index contributed by atoms with van der Waals surface area (Å²) in [5.41, 5.74) is 4.77. The van der Waals surface area contributed by atoms with Gasteiger partial charge in [0.15, 0.2) is 0 Å². The Kier molecular flexibility index (Phi) is 7.39. The molecule has 2 aromatic heterocycles. The first kappa shape index (κ1) is 25.4. The van der Waals surface area contributed by atoms with Crippen LogP contribution in [0, 0.1) is 11.7 Å². The number of aromatic nitrogens is 2. The van der Waals surface area contributed by atoms with Gasteiger partial charge >= 0.3 is 5.91 Å². The summed E-state index contributed by atoms with van der Waals surface area (Å²) in [6.07, 6.45) is 3.84. The van der Waals surface area contributed by atoms with E-state index in [0.717, 1.165) is 50.1 Å². The van der Waals surface area contributed by atoms with Crippen LogP contribution in [0.25, 0.3) is 11.0 Å². The molecule has 2 saturated heterocycles. The lowest BCUT2D eigenvalue weighted by molar-refractivity contribution is 0.0879. The largest absolute Gasteiger partial charge is 0.395 e. The van der Waals surface area contributed by atoms with Crippen LogP contribution >= 0.6 is 11.3 Å². The molecule has 4 heterocycles. The maximum atomic E-state index is 13.9. The fourth-order valence-electron chi connectivity index (χ4n) is 6.35. The van der Waals surface area contributed by atoms with Gasteiger partial charge in [-0.05, 0) is 84.1 Å². The molecule has 2 fully saturated rings. The van der Waals surface area contributed by atoms with Crippen molar-refractivity contribution in [2.45, 2.75) is 31.2 Å². The van der Waals surface area contributed by atoms with Gasteiger partial charge in [0, 0.05) is 24.9 Å². The monoisotopic (exact) mass is 532 g/mol. The van der Waals surface area contributed by atoms with E-state index >= 15 is 0 Å². The molecule has 0 aliphatic carbocycles. The van der Waals surface area contributed by atoms with Crippen molar-refractivity contribution < 1.29 is 14.3 Å². The van der Waals surface area contributed by atoms with Crippen LogP contribution in [0.4, 0.5) is 4.39 Å². The van der Waals surface area contributed by atoms with Crippen molar-refractivity contribution in [3.05, 3.63) is 88.1 Å². The number of aliphatic hydroxyl groups is 1. The van der Waals surface area contributed by atoms with Crippen LogP contribution in [0.5, 0.6) is 0 Å². The average Bonchev–Trinajstić information content (AvgIpc) is 3.70. The van der Waals surface area contributed by atoms with Crippen LogP contribution in [0.1, 0.15) is 46.2 Å². The minimum Gasteiger partial charge on any atom is -0.395 e. The molecule has 0 spiro atoms. The number of hydrogen-bond donors (Lipinski definition) is 1. The second-order valence-corrected chi connectivity index (χ2v) is 11.4. The number of thiophene rings is 1. The van der Waals surface area contributed by atoms with Crippen molar-refractivity contribution in [1.29, 1.82) is 0 Å². The highest BCUT2D eigenvalue weighted by Gasteiger charge is 2.46. The maximum absolute atomic E-state index is 13.9. The Morgan fingerprint density at radius 1 is 1.08 bits per heavy atom. The molecule has 2 aliphatic rings. The molecular formula is C30H33FN4O2S+. The number of rotatable bonds is 7. The Balaban J connectivity index is 1.18. The smallest absolute Gasteiger partial charge is 0.395 e. The predicted molar refractivity (Wildman–Crippen MR) is 148 cm³/mol. The third-order valence-electron chi connectivity index (χ3n) is 8.33. The average molecular weight is 533 g/mol. The van der Waals surface area contributed by atoms with Gasteiger partial charge in [0.1, 0.15) is 24.5 Å². The summed E-state index contributed by atoms with van der Waals surface area (Å²) in [5.74, 6) is 0.998. The van der Waals surface area contributed by atoms with Gasteiger partial charge in [-0.15, -0.1) is 0 Å². The summed E-state index contributed by atoms with van der Waals surface area (Å²) in [7, 11) is 0. The predicted octanol–water partition coefficient (Wildman–Crippen LogP) is 4.80. The topological polar surface area (TPSA) is 64.3 Å². The number of halogens is 1. The van der Waals surface area contributed by atoms with Gasteiger partial charge in [-0.25, -0.2) is 14.2 Å². The Morgan fingerprint density at radius 2 is 1.89 bits per heavy atom. The maximum Gasteiger partial charge on any atom is 0.395 e.